The highest BCUT2D eigenvalue weighted by Crippen LogP contribution is 2.29. The van der Waals surface area contributed by atoms with Crippen LogP contribution in [0.15, 0.2) is 50.7 Å². The molecule has 140 valence electrons. The minimum Gasteiger partial charge on any atom is -0.465 e. The summed E-state index contributed by atoms with van der Waals surface area (Å²) in [6, 6.07) is 7.60. The molecule has 0 spiro atoms. The number of methoxy groups -OCH3 is 1. The van der Waals surface area contributed by atoms with E-state index in [1.165, 1.54) is 31.4 Å². The molecule has 11 heteroatoms. The van der Waals surface area contributed by atoms with E-state index in [4.69, 9.17) is 5.73 Å². The van der Waals surface area contributed by atoms with Crippen LogP contribution in [0.4, 0.5) is 11.4 Å². The summed E-state index contributed by atoms with van der Waals surface area (Å²) in [7, 11) is -6.55. The van der Waals surface area contributed by atoms with Crippen molar-refractivity contribution in [2.75, 3.05) is 23.8 Å². The van der Waals surface area contributed by atoms with E-state index in [0.29, 0.717) is 0 Å². The second-order valence-corrected chi connectivity index (χ2v) is 9.78. The lowest BCUT2D eigenvalue weighted by molar-refractivity contribution is 0.0600. The number of hydrogen-bond donors (Lipinski definition) is 2. The SMILES string of the molecule is COC(=O)c1ccc(Br)c(S(=O)(=O)Nc2cc(S(C)(=O)=O)ccc2N)c1. The van der Waals surface area contributed by atoms with Gasteiger partial charge >= 0.3 is 5.97 Å². The maximum absolute atomic E-state index is 12.7. The zero-order valence-electron chi connectivity index (χ0n) is 13.7. The number of nitrogens with one attached hydrogen (secondary N) is 1. The molecule has 2 rings (SSSR count). The maximum atomic E-state index is 12.7. The molecule has 0 atom stereocenters. The Morgan fingerprint density at radius 3 is 2.35 bits per heavy atom. The third-order valence-corrected chi connectivity index (χ3v) is 6.81. The molecule has 0 aliphatic rings. The van der Waals surface area contributed by atoms with Gasteiger partial charge in [0.05, 0.1) is 28.9 Å². The van der Waals surface area contributed by atoms with Gasteiger partial charge in [-0.05, 0) is 52.3 Å². The maximum Gasteiger partial charge on any atom is 0.337 e. The van der Waals surface area contributed by atoms with Gasteiger partial charge < -0.3 is 10.5 Å². The first kappa shape index (κ1) is 20.2. The molecule has 26 heavy (non-hydrogen) atoms. The molecule has 0 saturated carbocycles. The van der Waals surface area contributed by atoms with Crippen molar-refractivity contribution in [2.24, 2.45) is 0 Å². The van der Waals surface area contributed by atoms with Crippen molar-refractivity contribution < 1.29 is 26.4 Å². The van der Waals surface area contributed by atoms with Crippen LogP contribution >= 0.6 is 15.9 Å². The summed E-state index contributed by atoms with van der Waals surface area (Å²) in [6.45, 7) is 0. The van der Waals surface area contributed by atoms with Gasteiger partial charge in [0.1, 0.15) is 4.90 Å². The van der Waals surface area contributed by atoms with Gasteiger partial charge in [0.15, 0.2) is 9.84 Å². The normalized spacial score (nSPS) is 11.8. The van der Waals surface area contributed by atoms with E-state index in [1.54, 1.807) is 0 Å². The second-order valence-electron chi connectivity index (χ2n) is 5.26. The summed E-state index contributed by atoms with van der Waals surface area (Å²) in [4.78, 5) is 11.3. The Morgan fingerprint density at radius 1 is 1.12 bits per heavy atom. The van der Waals surface area contributed by atoms with E-state index >= 15 is 0 Å². The Morgan fingerprint density at radius 2 is 1.77 bits per heavy atom. The Balaban J connectivity index is 2.52. The van der Waals surface area contributed by atoms with E-state index < -0.39 is 25.8 Å². The predicted molar refractivity (Wildman–Crippen MR) is 100 cm³/mol. The van der Waals surface area contributed by atoms with Crippen molar-refractivity contribution in [2.45, 2.75) is 9.79 Å². The van der Waals surface area contributed by atoms with Crippen LogP contribution in [0.1, 0.15) is 10.4 Å². The molecule has 0 amide bonds. The molecule has 0 aromatic heterocycles. The van der Waals surface area contributed by atoms with Crippen LogP contribution < -0.4 is 10.5 Å². The zero-order chi connectivity index (χ0) is 19.7. The quantitative estimate of drug-likeness (QED) is 0.512. The highest BCUT2D eigenvalue weighted by molar-refractivity contribution is 9.10. The van der Waals surface area contributed by atoms with Crippen molar-refractivity contribution >= 4 is 53.1 Å². The van der Waals surface area contributed by atoms with Gasteiger partial charge in [-0.2, -0.15) is 0 Å². The van der Waals surface area contributed by atoms with Gasteiger partial charge in [-0.25, -0.2) is 21.6 Å². The monoisotopic (exact) mass is 462 g/mol. The number of carbonyl (C=O) groups excluding carboxylic acids is 1. The molecule has 0 fully saturated rings. The average molecular weight is 463 g/mol. The molecule has 0 radical (unpaired) electrons. The Kier molecular flexibility index (Phi) is 5.64. The number of halogens is 1. The van der Waals surface area contributed by atoms with Gasteiger partial charge in [-0.1, -0.05) is 0 Å². The molecular weight excluding hydrogens is 448 g/mol. The molecule has 0 aliphatic carbocycles. The van der Waals surface area contributed by atoms with Crippen molar-refractivity contribution in [1.29, 1.82) is 0 Å². The Bertz CT molecular complexity index is 1080. The van der Waals surface area contributed by atoms with Gasteiger partial charge in [-0.3, -0.25) is 4.72 Å². The topological polar surface area (TPSA) is 133 Å². The van der Waals surface area contributed by atoms with Gasteiger partial charge in [0.25, 0.3) is 10.0 Å². The smallest absolute Gasteiger partial charge is 0.337 e. The third kappa shape index (κ3) is 4.34. The number of esters is 1. The van der Waals surface area contributed by atoms with Gasteiger partial charge in [0, 0.05) is 10.7 Å². The number of benzene rings is 2. The fraction of sp³-hybridized carbons (Fsp3) is 0.133. The zero-order valence-corrected chi connectivity index (χ0v) is 16.9. The van der Waals surface area contributed by atoms with Crippen molar-refractivity contribution in [3.8, 4) is 0 Å². The molecule has 0 unspecified atom stereocenters. The van der Waals surface area contributed by atoms with E-state index in [0.717, 1.165) is 18.4 Å². The summed E-state index contributed by atoms with van der Waals surface area (Å²) in [6.07, 6.45) is 0.993. The largest absolute Gasteiger partial charge is 0.465 e. The Hall–Kier alpha value is -2.11. The highest BCUT2D eigenvalue weighted by Gasteiger charge is 2.22. The number of ether oxygens (including phenoxy) is 1. The standard InChI is InChI=1S/C15H15BrN2O6S2/c1-24-15(19)9-3-5-11(16)14(7-9)26(22,23)18-13-8-10(25(2,20)21)4-6-12(13)17/h3-8,18H,17H2,1-2H3. The van der Waals surface area contributed by atoms with Crippen LogP contribution in [-0.4, -0.2) is 36.2 Å². The fourth-order valence-electron chi connectivity index (χ4n) is 2.01. The number of nitrogen functional groups attached to an aromatic ring is 1. The number of sulfone groups is 1. The Labute approximate surface area is 159 Å². The third-order valence-electron chi connectivity index (χ3n) is 3.34. The molecule has 0 bridgehead atoms. The molecular formula is C15H15BrN2O6S2. The first-order valence-corrected chi connectivity index (χ1v) is 11.1. The van der Waals surface area contributed by atoms with Crippen molar-refractivity contribution in [3.63, 3.8) is 0 Å². The van der Waals surface area contributed by atoms with E-state index in [2.05, 4.69) is 25.4 Å². The molecule has 3 N–H and O–H groups in total. The van der Waals surface area contributed by atoms with Gasteiger partial charge in [0.2, 0.25) is 0 Å². The summed E-state index contributed by atoms with van der Waals surface area (Å²) < 4.78 is 55.7. The van der Waals surface area contributed by atoms with Crippen LogP contribution in [0, 0.1) is 0 Å². The number of hydrogen-bond acceptors (Lipinski definition) is 7. The van der Waals surface area contributed by atoms with Crippen LogP contribution in [0.5, 0.6) is 0 Å². The average Bonchev–Trinajstić information content (AvgIpc) is 2.55. The summed E-state index contributed by atoms with van der Waals surface area (Å²) in [5.41, 5.74) is 5.73. The first-order valence-electron chi connectivity index (χ1n) is 6.96. The van der Waals surface area contributed by atoms with E-state index in [1.807, 2.05) is 0 Å². The molecule has 0 saturated heterocycles. The van der Waals surface area contributed by atoms with Crippen LogP contribution in [0.2, 0.25) is 0 Å². The number of nitrogens with two attached hydrogens (primary N) is 1. The lowest BCUT2D eigenvalue weighted by Gasteiger charge is -2.13. The van der Waals surface area contributed by atoms with Crippen LogP contribution in [-0.2, 0) is 24.6 Å². The van der Waals surface area contributed by atoms with Gasteiger partial charge in [-0.15, -0.1) is 0 Å². The fourth-order valence-corrected chi connectivity index (χ4v) is 4.72. The first-order chi connectivity index (χ1) is 12.0. The minimum atomic E-state index is -4.17. The van der Waals surface area contributed by atoms with Crippen LogP contribution in [0.25, 0.3) is 0 Å². The molecule has 2 aromatic rings. The molecule has 0 heterocycles. The summed E-state index contributed by atoms with van der Waals surface area (Å²) in [5.74, 6) is -0.701. The lowest BCUT2D eigenvalue weighted by Crippen LogP contribution is -2.16. The number of anilines is 2. The van der Waals surface area contributed by atoms with Crippen LogP contribution in [0.3, 0.4) is 0 Å². The minimum absolute atomic E-state index is 0.0360. The molecule has 8 nitrogen and oxygen atoms in total. The summed E-state index contributed by atoms with van der Waals surface area (Å²) in [5, 5.41) is 0. The second kappa shape index (κ2) is 7.25. The highest BCUT2D eigenvalue weighted by atomic mass is 79.9. The van der Waals surface area contributed by atoms with Crippen molar-refractivity contribution in [3.05, 3.63) is 46.4 Å². The van der Waals surface area contributed by atoms with Crippen molar-refractivity contribution in [1.82, 2.24) is 0 Å². The predicted octanol–water partition coefficient (Wildman–Crippen LogP) is 2.02. The van der Waals surface area contributed by atoms with E-state index in [9.17, 15) is 21.6 Å². The number of carbonyl (C=O) groups is 1. The summed E-state index contributed by atoms with van der Waals surface area (Å²) >= 11 is 3.12. The molecule has 2 aromatic carbocycles. The molecule has 0 aliphatic heterocycles. The van der Waals surface area contributed by atoms with E-state index in [-0.39, 0.29) is 31.2 Å². The number of rotatable bonds is 5. The lowest BCUT2D eigenvalue weighted by atomic mass is 10.2. The number of sulfonamides is 1.